The number of nitrogens with zero attached hydrogens (tertiary/aromatic N) is 1. The zero-order chi connectivity index (χ0) is 21.7. The van der Waals surface area contributed by atoms with Gasteiger partial charge in [-0.2, -0.15) is 5.10 Å². The fourth-order valence-corrected chi connectivity index (χ4v) is 3.51. The molecule has 0 bridgehead atoms. The predicted molar refractivity (Wildman–Crippen MR) is 125 cm³/mol. The van der Waals surface area contributed by atoms with Crippen molar-refractivity contribution in [1.29, 1.82) is 0 Å². The molecule has 156 valence electrons. The van der Waals surface area contributed by atoms with Gasteiger partial charge in [0.2, 0.25) is 0 Å². The summed E-state index contributed by atoms with van der Waals surface area (Å²) in [7, 11) is 1.61. The molecule has 5 nitrogen and oxygen atoms in total. The van der Waals surface area contributed by atoms with Gasteiger partial charge in [-0.1, -0.05) is 57.2 Å². The number of ether oxygens (including phenoxy) is 2. The van der Waals surface area contributed by atoms with Crippen LogP contribution in [0.15, 0.2) is 64.2 Å². The molecule has 1 amide bonds. The van der Waals surface area contributed by atoms with E-state index in [1.54, 1.807) is 13.3 Å². The number of amides is 1. The molecule has 0 heterocycles. The zero-order valence-electron chi connectivity index (χ0n) is 17.5. The Morgan fingerprint density at radius 2 is 1.83 bits per heavy atom. The van der Waals surface area contributed by atoms with Crippen LogP contribution in [0.2, 0.25) is 0 Å². The Bertz CT molecular complexity index is 1090. The number of methoxy groups -OCH3 is 1. The van der Waals surface area contributed by atoms with Crippen LogP contribution in [0.3, 0.4) is 0 Å². The van der Waals surface area contributed by atoms with Gasteiger partial charge in [-0.3, -0.25) is 4.79 Å². The lowest BCUT2D eigenvalue weighted by molar-refractivity contribution is -0.123. The lowest BCUT2D eigenvalue weighted by atomic mass is 9.87. The van der Waals surface area contributed by atoms with E-state index in [4.69, 9.17) is 9.47 Å². The standard InChI is InChI=1S/C24H25BrN2O3/c1-24(2,3)17-10-12-22(20(25)13-17)30-15-23(28)27-26-14-19-18-8-6-5-7-16(18)9-11-21(19)29-4/h5-14H,15H2,1-4H3,(H,27,28)/b26-14+. The van der Waals surface area contributed by atoms with Crippen molar-refractivity contribution in [3.05, 3.63) is 70.2 Å². The number of hydrogen-bond acceptors (Lipinski definition) is 4. The lowest BCUT2D eigenvalue weighted by Gasteiger charge is -2.20. The summed E-state index contributed by atoms with van der Waals surface area (Å²) in [5, 5.41) is 6.15. The van der Waals surface area contributed by atoms with Crippen LogP contribution in [0.25, 0.3) is 10.8 Å². The second-order valence-corrected chi connectivity index (χ2v) is 8.73. The van der Waals surface area contributed by atoms with Crippen molar-refractivity contribution in [3.8, 4) is 11.5 Å². The number of hydrazone groups is 1. The van der Waals surface area contributed by atoms with E-state index in [-0.39, 0.29) is 17.9 Å². The molecule has 0 fully saturated rings. The maximum Gasteiger partial charge on any atom is 0.277 e. The molecule has 0 unspecified atom stereocenters. The Kier molecular flexibility index (Phi) is 6.77. The van der Waals surface area contributed by atoms with Crippen molar-refractivity contribution >= 4 is 38.8 Å². The Balaban J connectivity index is 1.64. The minimum atomic E-state index is -0.350. The molecule has 1 N–H and O–H groups in total. The van der Waals surface area contributed by atoms with E-state index in [9.17, 15) is 4.79 Å². The normalized spacial score (nSPS) is 11.6. The Hall–Kier alpha value is -2.86. The maximum absolute atomic E-state index is 12.2. The third-order valence-electron chi connectivity index (χ3n) is 4.69. The van der Waals surface area contributed by atoms with E-state index < -0.39 is 0 Å². The molecule has 0 aliphatic rings. The van der Waals surface area contributed by atoms with Crippen LogP contribution >= 0.6 is 15.9 Å². The second kappa shape index (κ2) is 9.30. The molecule has 0 saturated carbocycles. The number of nitrogens with one attached hydrogen (secondary N) is 1. The highest BCUT2D eigenvalue weighted by atomic mass is 79.9. The Labute approximate surface area is 185 Å². The second-order valence-electron chi connectivity index (χ2n) is 7.88. The highest BCUT2D eigenvalue weighted by Gasteiger charge is 2.15. The molecule has 6 heteroatoms. The number of rotatable bonds is 6. The summed E-state index contributed by atoms with van der Waals surface area (Å²) in [6.45, 7) is 6.29. The molecule has 0 aliphatic carbocycles. The summed E-state index contributed by atoms with van der Waals surface area (Å²) in [6.07, 6.45) is 1.59. The minimum Gasteiger partial charge on any atom is -0.496 e. The van der Waals surface area contributed by atoms with Crippen molar-refractivity contribution in [2.45, 2.75) is 26.2 Å². The van der Waals surface area contributed by atoms with E-state index >= 15 is 0 Å². The van der Waals surface area contributed by atoms with Gasteiger partial charge >= 0.3 is 0 Å². The first kappa shape index (κ1) is 21.8. The van der Waals surface area contributed by atoms with Crippen LogP contribution in [0, 0.1) is 0 Å². The summed E-state index contributed by atoms with van der Waals surface area (Å²) in [5.41, 5.74) is 4.53. The molecule has 0 atom stereocenters. The fourth-order valence-electron chi connectivity index (χ4n) is 3.02. The first-order valence-corrected chi connectivity index (χ1v) is 10.4. The van der Waals surface area contributed by atoms with Gasteiger partial charge in [-0.05, 0) is 55.9 Å². The Morgan fingerprint density at radius 3 is 2.53 bits per heavy atom. The van der Waals surface area contributed by atoms with E-state index in [0.717, 1.165) is 20.8 Å². The number of carbonyl (C=O) groups excluding carboxylic acids is 1. The molecule has 0 saturated heterocycles. The molecule has 0 aliphatic heterocycles. The summed E-state index contributed by atoms with van der Waals surface area (Å²) in [6, 6.07) is 17.7. The number of halogens is 1. The van der Waals surface area contributed by atoms with Crippen molar-refractivity contribution in [3.63, 3.8) is 0 Å². The van der Waals surface area contributed by atoms with Crippen LogP contribution in [0.4, 0.5) is 0 Å². The largest absolute Gasteiger partial charge is 0.496 e. The summed E-state index contributed by atoms with van der Waals surface area (Å²) >= 11 is 3.51. The highest BCUT2D eigenvalue weighted by Crippen LogP contribution is 2.31. The molecule has 3 aromatic carbocycles. The van der Waals surface area contributed by atoms with Gasteiger partial charge in [0, 0.05) is 5.56 Å². The van der Waals surface area contributed by atoms with Crippen LogP contribution in [-0.2, 0) is 10.2 Å². The fraction of sp³-hybridized carbons (Fsp3) is 0.250. The van der Waals surface area contributed by atoms with E-state index in [2.05, 4.69) is 47.2 Å². The van der Waals surface area contributed by atoms with Crippen molar-refractivity contribution in [2.24, 2.45) is 5.10 Å². The first-order valence-electron chi connectivity index (χ1n) is 9.60. The molecular formula is C24H25BrN2O3. The van der Waals surface area contributed by atoms with Crippen molar-refractivity contribution in [1.82, 2.24) is 5.43 Å². The average Bonchev–Trinajstić information content (AvgIpc) is 2.72. The quantitative estimate of drug-likeness (QED) is 0.387. The maximum atomic E-state index is 12.2. The van der Waals surface area contributed by atoms with E-state index in [0.29, 0.717) is 11.5 Å². The molecular weight excluding hydrogens is 444 g/mol. The molecule has 30 heavy (non-hydrogen) atoms. The molecule has 3 aromatic rings. The monoisotopic (exact) mass is 468 g/mol. The van der Waals surface area contributed by atoms with Gasteiger partial charge in [0.05, 0.1) is 17.8 Å². The first-order chi connectivity index (χ1) is 14.3. The van der Waals surface area contributed by atoms with E-state index in [1.165, 1.54) is 5.56 Å². The van der Waals surface area contributed by atoms with Crippen LogP contribution in [0.5, 0.6) is 11.5 Å². The lowest BCUT2D eigenvalue weighted by Crippen LogP contribution is -2.24. The number of benzene rings is 3. The zero-order valence-corrected chi connectivity index (χ0v) is 19.1. The molecule has 0 radical (unpaired) electrons. The minimum absolute atomic E-state index is 0.0375. The summed E-state index contributed by atoms with van der Waals surface area (Å²) < 4.78 is 11.9. The van der Waals surface area contributed by atoms with Crippen molar-refractivity contribution in [2.75, 3.05) is 13.7 Å². The molecule has 0 spiro atoms. The third kappa shape index (κ3) is 5.19. The van der Waals surface area contributed by atoms with Gasteiger partial charge in [-0.15, -0.1) is 0 Å². The number of carbonyl (C=O) groups is 1. The molecule has 3 rings (SSSR count). The molecule has 0 aromatic heterocycles. The third-order valence-corrected chi connectivity index (χ3v) is 5.31. The number of hydrogen-bond donors (Lipinski definition) is 1. The SMILES string of the molecule is COc1ccc2ccccc2c1/C=N/NC(=O)COc1ccc(C(C)(C)C)cc1Br. The van der Waals surface area contributed by atoms with E-state index in [1.807, 2.05) is 54.6 Å². The average molecular weight is 469 g/mol. The predicted octanol–water partition coefficient (Wildman–Crippen LogP) is 5.44. The summed E-state index contributed by atoms with van der Waals surface area (Å²) in [5.74, 6) is 0.945. The van der Waals surface area contributed by atoms with Gasteiger partial charge in [0.15, 0.2) is 6.61 Å². The number of fused-ring (bicyclic) bond motifs is 1. The highest BCUT2D eigenvalue weighted by molar-refractivity contribution is 9.10. The smallest absolute Gasteiger partial charge is 0.277 e. The van der Waals surface area contributed by atoms with Gasteiger partial charge in [0.1, 0.15) is 11.5 Å². The van der Waals surface area contributed by atoms with Gasteiger partial charge in [0.25, 0.3) is 5.91 Å². The van der Waals surface area contributed by atoms with Gasteiger partial charge in [-0.25, -0.2) is 5.43 Å². The topological polar surface area (TPSA) is 59.9 Å². The Morgan fingerprint density at radius 1 is 1.10 bits per heavy atom. The van der Waals surface area contributed by atoms with Crippen LogP contribution in [0.1, 0.15) is 31.9 Å². The van der Waals surface area contributed by atoms with Crippen LogP contribution < -0.4 is 14.9 Å². The van der Waals surface area contributed by atoms with Crippen molar-refractivity contribution < 1.29 is 14.3 Å². The van der Waals surface area contributed by atoms with Crippen LogP contribution in [-0.4, -0.2) is 25.8 Å². The van der Waals surface area contributed by atoms with Gasteiger partial charge < -0.3 is 9.47 Å². The summed E-state index contributed by atoms with van der Waals surface area (Å²) in [4.78, 5) is 12.2.